The Labute approximate surface area is 178 Å². The molecule has 0 unspecified atom stereocenters. The van der Waals surface area contributed by atoms with Gasteiger partial charge in [-0.2, -0.15) is 9.78 Å². The highest BCUT2D eigenvalue weighted by molar-refractivity contribution is 5.76. The zero-order valence-corrected chi connectivity index (χ0v) is 17.1. The van der Waals surface area contributed by atoms with Crippen molar-refractivity contribution in [2.24, 2.45) is 7.05 Å². The molecule has 6 rings (SSSR count). The molecule has 0 spiro atoms. The normalized spacial score (nSPS) is 13.3. The molecule has 0 bridgehead atoms. The van der Waals surface area contributed by atoms with Gasteiger partial charge < -0.3 is 9.72 Å². The maximum atomic E-state index is 5.76. The number of H-pyrrole nitrogens is 1. The Morgan fingerprint density at radius 2 is 2.00 bits per heavy atom. The molecule has 1 aliphatic rings. The van der Waals surface area contributed by atoms with E-state index in [2.05, 4.69) is 28.3 Å². The van der Waals surface area contributed by atoms with Gasteiger partial charge in [0.2, 0.25) is 11.8 Å². The molecule has 3 aromatic heterocycles. The topological polar surface area (TPSA) is 86.4 Å². The van der Waals surface area contributed by atoms with Gasteiger partial charge in [0.25, 0.3) is 0 Å². The van der Waals surface area contributed by atoms with E-state index in [1.165, 1.54) is 11.1 Å². The molecule has 0 fully saturated rings. The van der Waals surface area contributed by atoms with E-state index in [1.54, 1.807) is 9.36 Å². The summed E-state index contributed by atoms with van der Waals surface area (Å²) in [6.45, 7) is 0.792. The first-order valence-corrected chi connectivity index (χ1v) is 10.4. The van der Waals surface area contributed by atoms with Crippen molar-refractivity contribution in [2.45, 2.75) is 19.3 Å². The molecule has 2 aromatic carbocycles. The van der Waals surface area contributed by atoms with Crippen LogP contribution in [-0.2, 0) is 19.9 Å². The zero-order valence-electron chi connectivity index (χ0n) is 17.1. The number of para-hydroxylation sites is 2. The average molecular weight is 411 g/mol. The van der Waals surface area contributed by atoms with E-state index < -0.39 is 0 Å². The van der Waals surface area contributed by atoms with Crippen LogP contribution >= 0.6 is 0 Å². The number of rotatable bonds is 4. The molecule has 1 N–H and O–H groups in total. The molecule has 0 atom stereocenters. The fraction of sp³-hybridized carbons (Fsp3) is 0.217. The van der Waals surface area contributed by atoms with Gasteiger partial charge in [-0.25, -0.2) is 9.97 Å². The van der Waals surface area contributed by atoms with Crippen LogP contribution in [0.2, 0.25) is 0 Å². The van der Waals surface area contributed by atoms with Crippen molar-refractivity contribution < 1.29 is 4.74 Å². The second-order valence-corrected chi connectivity index (χ2v) is 7.79. The second kappa shape index (κ2) is 7.09. The van der Waals surface area contributed by atoms with Crippen LogP contribution in [0.15, 0.2) is 54.7 Å². The third-order valence-electron chi connectivity index (χ3n) is 5.53. The van der Waals surface area contributed by atoms with E-state index in [0.717, 1.165) is 47.7 Å². The monoisotopic (exact) mass is 411 g/mol. The van der Waals surface area contributed by atoms with E-state index in [1.807, 2.05) is 43.6 Å². The first-order valence-electron chi connectivity index (χ1n) is 10.4. The van der Waals surface area contributed by atoms with Crippen LogP contribution in [0.4, 0.5) is 0 Å². The summed E-state index contributed by atoms with van der Waals surface area (Å²) in [7, 11) is 1.88. The summed E-state index contributed by atoms with van der Waals surface area (Å²) in [5.74, 6) is 3.02. The van der Waals surface area contributed by atoms with Gasteiger partial charge in [0, 0.05) is 19.7 Å². The number of nitrogens with one attached hydrogen (secondary N) is 1. The SMILES string of the molecule is Cn1ccc(-c2nc(Cc3ccc4c(c3)CCCO4)n(-c3nc4ccccc4[nH]3)n2)n1. The lowest BCUT2D eigenvalue weighted by atomic mass is 10.0. The van der Waals surface area contributed by atoms with Crippen LogP contribution in [0.1, 0.15) is 23.4 Å². The van der Waals surface area contributed by atoms with E-state index >= 15 is 0 Å². The average Bonchev–Trinajstić information content (AvgIpc) is 3.51. The number of hydrogen-bond donors (Lipinski definition) is 1. The maximum absolute atomic E-state index is 5.76. The third kappa shape index (κ3) is 3.26. The minimum atomic E-state index is 0.581. The fourth-order valence-corrected chi connectivity index (χ4v) is 4.02. The van der Waals surface area contributed by atoms with Gasteiger partial charge in [0.05, 0.1) is 17.6 Å². The molecule has 0 saturated heterocycles. The smallest absolute Gasteiger partial charge is 0.230 e. The van der Waals surface area contributed by atoms with Crippen LogP contribution in [0.3, 0.4) is 0 Å². The van der Waals surface area contributed by atoms with Crippen molar-refractivity contribution in [2.75, 3.05) is 6.61 Å². The van der Waals surface area contributed by atoms with Crippen LogP contribution in [0.5, 0.6) is 5.75 Å². The van der Waals surface area contributed by atoms with E-state index in [-0.39, 0.29) is 0 Å². The molecule has 0 aliphatic carbocycles. The number of aromatic amines is 1. The zero-order chi connectivity index (χ0) is 20.8. The highest BCUT2D eigenvalue weighted by Crippen LogP contribution is 2.27. The van der Waals surface area contributed by atoms with Crippen LogP contribution in [0, 0.1) is 0 Å². The Bertz CT molecular complexity index is 1360. The summed E-state index contributed by atoms with van der Waals surface area (Å²) in [5.41, 5.74) is 5.01. The molecular formula is C23H21N7O. The summed E-state index contributed by atoms with van der Waals surface area (Å²) in [4.78, 5) is 12.9. The molecule has 4 heterocycles. The number of hydrogen-bond acceptors (Lipinski definition) is 5. The van der Waals surface area contributed by atoms with E-state index in [9.17, 15) is 0 Å². The summed E-state index contributed by atoms with van der Waals surface area (Å²) in [6, 6.07) is 16.2. The molecular weight excluding hydrogens is 390 g/mol. The second-order valence-electron chi connectivity index (χ2n) is 7.79. The summed E-state index contributed by atoms with van der Waals surface area (Å²) in [6.07, 6.45) is 4.61. The van der Waals surface area contributed by atoms with Gasteiger partial charge >= 0.3 is 0 Å². The Morgan fingerprint density at radius 1 is 1.06 bits per heavy atom. The minimum absolute atomic E-state index is 0.581. The lowest BCUT2D eigenvalue weighted by molar-refractivity contribution is 0.288. The number of nitrogens with zero attached hydrogens (tertiary/aromatic N) is 6. The highest BCUT2D eigenvalue weighted by atomic mass is 16.5. The number of aryl methyl sites for hydroxylation is 2. The van der Waals surface area contributed by atoms with Crippen LogP contribution in [-0.4, -0.2) is 41.1 Å². The Balaban J connectivity index is 1.44. The van der Waals surface area contributed by atoms with Crippen LogP contribution < -0.4 is 4.74 Å². The number of fused-ring (bicyclic) bond motifs is 2. The third-order valence-corrected chi connectivity index (χ3v) is 5.53. The molecule has 0 saturated carbocycles. The van der Waals surface area contributed by atoms with Crippen molar-refractivity contribution in [3.05, 3.63) is 71.7 Å². The first kappa shape index (κ1) is 17.9. The number of benzene rings is 2. The molecule has 1 aliphatic heterocycles. The number of aromatic nitrogens is 7. The molecule has 0 radical (unpaired) electrons. The number of ether oxygens (including phenoxy) is 1. The van der Waals surface area contributed by atoms with Crippen molar-refractivity contribution in [1.29, 1.82) is 0 Å². The standard InChI is InChI=1S/C23H21N7O/c1-29-11-10-19(27-29)22-26-21(14-15-8-9-20-16(13-15)5-4-12-31-20)30(28-22)23-24-17-6-2-3-7-18(17)25-23/h2-3,6-11,13H,4-5,12,14H2,1H3,(H,24,25). The molecule has 31 heavy (non-hydrogen) atoms. The predicted octanol–water partition coefficient (Wildman–Crippen LogP) is 3.46. The Hall–Kier alpha value is -3.94. The summed E-state index contributed by atoms with van der Waals surface area (Å²) < 4.78 is 9.30. The maximum Gasteiger partial charge on any atom is 0.230 e. The molecule has 154 valence electrons. The first-order chi connectivity index (χ1) is 15.2. The van der Waals surface area contributed by atoms with Crippen molar-refractivity contribution in [3.8, 4) is 23.2 Å². The summed E-state index contributed by atoms with van der Waals surface area (Å²) >= 11 is 0. The predicted molar refractivity (Wildman–Crippen MR) is 116 cm³/mol. The van der Waals surface area contributed by atoms with Crippen LogP contribution in [0.25, 0.3) is 28.5 Å². The van der Waals surface area contributed by atoms with E-state index in [4.69, 9.17) is 19.8 Å². The minimum Gasteiger partial charge on any atom is -0.493 e. The quantitative estimate of drug-likeness (QED) is 0.489. The molecule has 8 heteroatoms. The van der Waals surface area contributed by atoms with Gasteiger partial charge in [-0.1, -0.05) is 24.3 Å². The molecule has 8 nitrogen and oxygen atoms in total. The summed E-state index contributed by atoms with van der Waals surface area (Å²) in [5, 5.41) is 9.22. The van der Waals surface area contributed by atoms with Gasteiger partial charge in [0.1, 0.15) is 17.3 Å². The largest absolute Gasteiger partial charge is 0.493 e. The lowest BCUT2D eigenvalue weighted by Crippen LogP contribution is -2.09. The Kier molecular flexibility index (Phi) is 4.09. The highest BCUT2D eigenvalue weighted by Gasteiger charge is 2.19. The van der Waals surface area contributed by atoms with Gasteiger partial charge in [-0.05, 0) is 48.2 Å². The number of imidazole rings is 1. The molecule has 5 aromatic rings. The van der Waals surface area contributed by atoms with E-state index in [0.29, 0.717) is 18.2 Å². The van der Waals surface area contributed by atoms with Crippen molar-refractivity contribution in [1.82, 2.24) is 34.5 Å². The van der Waals surface area contributed by atoms with Crippen molar-refractivity contribution in [3.63, 3.8) is 0 Å². The Morgan fingerprint density at radius 3 is 2.87 bits per heavy atom. The lowest BCUT2D eigenvalue weighted by Gasteiger charge is -2.17. The van der Waals surface area contributed by atoms with Gasteiger partial charge in [0.15, 0.2) is 0 Å². The van der Waals surface area contributed by atoms with Gasteiger partial charge in [-0.3, -0.25) is 4.68 Å². The molecule has 0 amide bonds. The fourth-order valence-electron chi connectivity index (χ4n) is 4.02. The van der Waals surface area contributed by atoms with Gasteiger partial charge in [-0.15, -0.1) is 5.10 Å². The van der Waals surface area contributed by atoms with Crippen molar-refractivity contribution >= 4 is 11.0 Å².